The van der Waals surface area contributed by atoms with E-state index < -0.39 is 0 Å². The Morgan fingerprint density at radius 3 is 2.48 bits per heavy atom. The second-order valence-corrected chi connectivity index (χ2v) is 6.65. The smallest absolute Gasteiger partial charge is 0.269 e. The number of rotatable bonds is 6. The van der Waals surface area contributed by atoms with E-state index in [1.807, 2.05) is 55.5 Å². The first-order valence-corrected chi connectivity index (χ1v) is 9.64. The van der Waals surface area contributed by atoms with Crippen molar-refractivity contribution in [3.8, 4) is 34.3 Å². The molecule has 7 heteroatoms. The lowest BCUT2D eigenvalue weighted by Crippen LogP contribution is -2.18. The van der Waals surface area contributed by atoms with Gasteiger partial charge in [0.1, 0.15) is 29.3 Å². The van der Waals surface area contributed by atoms with E-state index in [1.165, 1.54) is 12.5 Å². The minimum atomic E-state index is -0.281. The molecule has 2 heterocycles. The number of carbonyl (C=O) groups excluding carboxylic acids is 1. The van der Waals surface area contributed by atoms with Gasteiger partial charge in [-0.15, -0.1) is 0 Å². The average molecular weight is 412 g/mol. The van der Waals surface area contributed by atoms with Gasteiger partial charge in [-0.05, 0) is 30.7 Å². The molecule has 2 aromatic carbocycles. The van der Waals surface area contributed by atoms with Gasteiger partial charge in [0.05, 0.1) is 5.56 Å². The number of aromatic nitrogens is 3. The van der Waals surface area contributed by atoms with Crippen LogP contribution in [0.25, 0.3) is 11.1 Å². The lowest BCUT2D eigenvalue weighted by atomic mass is 10.1. The largest absolute Gasteiger partial charge is 0.457 e. The second-order valence-electron chi connectivity index (χ2n) is 6.65. The molecule has 4 rings (SSSR count). The minimum Gasteiger partial charge on any atom is -0.457 e. The van der Waals surface area contributed by atoms with Crippen molar-refractivity contribution < 1.29 is 14.3 Å². The van der Waals surface area contributed by atoms with E-state index in [9.17, 15) is 4.79 Å². The predicted octanol–water partition coefficient (Wildman–Crippen LogP) is 4.79. The van der Waals surface area contributed by atoms with Gasteiger partial charge in [0.15, 0.2) is 0 Å². The molecule has 0 spiro atoms. The molecule has 0 atom stereocenters. The SMILES string of the molecule is CNC(=O)c1cc(Oc2cccc(Oc3ncncc3-c3ccccc3)c2C)ccn1. The molecule has 0 saturated carbocycles. The number of ether oxygens (including phenoxy) is 2. The fourth-order valence-electron chi connectivity index (χ4n) is 2.99. The number of nitrogens with one attached hydrogen (secondary N) is 1. The van der Waals surface area contributed by atoms with Gasteiger partial charge in [-0.1, -0.05) is 36.4 Å². The Labute approximate surface area is 179 Å². The summed E-state index contributed by atoms with van der Waals surface area (Å²) < 4.78 is 12.1. The van der Waals surface area contributed by atoms with E-state index in [1.54, 1.807) is 25.4 Å². The number of benzene rings is 2. The Kier molecular flexibility index (Phi) is 5.84. The first-order valence-electron chi connectivity index (χ1n) is 9.64. The molecular formula is C24H20N4O3. The minimum absolute atomic E-state index is 0.276. The van der Waals surface area contributed by atoms with Crippen LogP contribution in [0.1, 0.15) is 16.1 Å². The highest BCUT2D eigenvalue weighted by atomic mass is 16.5. The van der Waals surface area contributed by atoms with Crippen LogP contribution in [0, 0.1) is 6.92 Å². The van der Waals surface area contributed by atoms with E-state index in [4.69, 9.17) is 9.47 Å². The molecule has 0 saturated heterocycles. The van der Waals surface area contributed by atoms with Crippen molar-refractivity contribution in [2.24, 2.45) is 0 Å². The van der Waals surface area contributed by atoms with Crippen LogP contribution < -0.4 is 14.8 Å². The van der Waals surface area contributed by atoms with Crippen molar-refractivity contribution in [3.05, 3.63) is 90.6 Å². The maximum atomic E-state index is 11.8. The summed E-state index contributed by atoms with van der Waals surface area (Å²) in [7, 11) is 1.55. The Morgan fingerprint density at radius 1 is 0.935 bits per heavy atom. The summed E-state index contributed by atoms with van der Waals surface area (Å²) in [5.41, 5.74) is 2.82. The Hall–Kier alpha value is -4.26. The molecule has 154 valence electrons. The van der Waals surface area contributed by atoms with Crippen LogP contribution in [0.3, 0.4) is 0 Å². The van der Waals surface area contributed by atoms with E-state index in [2.05, 4.69) is 20.3 Å². The molecule has 1 amide bonds. The molecule has 7 nitrogen and oxygen atoms in total. The van der Waals surface area contributed by atoms with Gasteiger partial charge in [-0.2, -0.15) is 0 Å². The normalized spacial score (nSPS) is 10.4. The summed E-state index contributed by atoms with van der Waals surface area (Å²) in [5, 5.41) is 2.55. The maximum absolute atomic E-state index is 11.8. The van der Waals surface area contributed by atoms with Crippen molar-refractivity contribution in [1.82, 2.24) is 20.3 Å². The van der Waals surface area contributed by atoms with Crippen LogP contribution in [0.4, 0.5) is 0 Å². The summed E-state index contributed by atoms with van der Waals surface area (Å²) in [6.45, 7) is 1.90. The van der Waals surface area contributed by atoms with Crippen LogP contribution in [0.15, 0.2) is 79.4 Å². The van der Waals surface area contributed by atoms with Gasteiger partial charge >= 0.3 is 0 Å². The highest BCUT2D eigenvalue weighted by molar-refractivity contribution is 5.92. The lowest BCUT2D eigenvalue weighted by Gasteiger charge is -2.14. The Morgan fingerprint density at radius 2 is 1.71 bits per heavy atom. The molecule has 31 heavy (non-hydrogen) atoms. The topological polar surface area (TPSA) is 86.2 Å². The summed E-state index contributed by atoms with van der Waals surface area (Å²) in [6, 6.07) is 18.6. The molecule has 0 bridgehead atoms. The summed E-state index contributed by atoms with van der Waals surface area (Å²) >= 11 is 0. The van der Waals surface area contributed by atoms with Crippen LogP contribution in [-0.2, 0) is 0 Å². The number of hydrogen-bond donors (Lipinski definition) is 1. The van der Waals surface area contributed by atoms with Gasteiger partial charge in [0, 0.05) is 31.1 Å². The molecule has 1 N–H and O–H groups in total. The molecule has 2 aromatic heterocycles. The lowest BCUT2D eigenvalue weighted by molar-refractivity contribution is 0.0958. The first-order chi connectivity index (χ1) is 15.2. The molecule has 4 aromatic rings. The van der Waals surface area contributed by atoms with Gasteiger partial charge in [-0.3, -0.25) is 9.78 Å². The van der Waals surface area contributed by atoms with Crippen molar-refractivity contribution in [2.45, 2.75) is 6.92 Å². The summed E-state index contributed by atoms with van der Waals surface area (Å²) in [6.07, 6.45) is 4.71. The Bertz CT molecular complexity index is 1210. The fourth-order valence-corrected chi connectivity index (χ4v) is 2.99. The van der Waals surface area contributed by atoms with E-state index in [-0.39, 0.29) is 11.6 Å². The molecule has 0 aliphatic carbocycles. The molecule has 0 radical (unpaired) electrons. The number of nitrogens with zero attached hydrogens (tertiary/aromatic N) is 3. The highest BCUT2D eigenvalue weighted by Crippen LogP contribution is 2.36. The first kappa shape index (κ1) is 20.0. The van der Waals surface area contributed by atoms with E-state index in [0.717, 1.165) is 16.7 Å². The van der Waals surface area contributed by atoms with Crippen molar-refractivity contribution >= 4 is 5.91 Å². The van der Waals surface area contributed by atoms with Crippen molar-refractivity contribution in [3.63, 3.8) is 0 Å². The van der Waals surface area contributed by atoms with Crippen molar-refractivity contribution in [2.75, 3.05) is 7.05 Å². The fraction of sp³-hybridized carbons (Fsp3) is 0.0833. The quantitative estimate of drug-likeness (QED) is 0.490. The zero-order chi connectivity index (χ0) is 21.6. The number of pyridine rings is 1. The summed E-state index contributed by atoms with van der Waals surface area (Å²) in [4.78, 5) is 24.3. The molecular weight excluding hydrogens is 392 g/mol. The highest BCUT2D eigenvalue weighted by Gasteiger charge is 2.14. The van der Waals surface area contributed by atoms with Gasteiger partial charge in [0.2, 0.25) is 5.88 Å². The maximum Gasteiger partial charge on any atom is 0.269 e. The number of amides is 1. The zero-order valence-corrected chi connectivity index (χ0v) is 17.1. The van der Waals surface area contributed by atoms with Crippen LogP contribution in [-0.4, -0.2) is 27.9 Å². The molecule has 0 fully saturated rings. The second kappa shape index (κ2) is 9.04. The third-order valence-corrected chi connectivity index (χ3v) is 4.62. The third-order valence-electron chi connectivity index (χ3n) is 4.62. The van der Waals surface area contributed by atoms with Gasteiger partial charge < -0.3 is 14.8 Å². The Balaban J connectivity index is 1.62. The number of hydrogen-bond acceptors (Lipinski definition) is 6. The molecule has 0 aliphatic heterocycles. The van der Waals surface area contributed by atoms with Crippen LogP contribution >= 0.6 is 0 Å². The monoisotopic (exact) mass is 412 g/mol. The van der Waals surface area contributed by atoms with E-state index in [0.29, 0.717) is 23.1 Å². The zero-order valence-electron chi connectivity index (χ0n) is 17.1. The average Bonchev–Trinajstić information content (AvgIpc) is 2.82. The van der Waals surface area contributed by atoms with Crippen LogP contribution in [0.2, 0.25) is 0 Å². The van der Waals surface area contributed by atoms with Gasteiger partial charge in [0.25, 0.3) is 5.91 Å². The molecule has 0 aliphatic rings. The number of carbonyl (C=O) groups is 1. The van der Waals surface area contributed by atoms with E-state index >= 15 is 0 Å². The molecule has 0 unspecified atom stereocenters. The van der Waals surface area contributed by atoms with Crippen molar-refractivity contribution in [1.29, 1.82) is 0 Å². The van der Waals surface area contributed by atoms with Crippen LogP contribution in [0.5, 0.6) is 23.1 Å². The van der Waals surface area contributed by atoms with Gasteiger partial charge in [-0.25, -0.2) is 9.97 Å². The predicted molar refractivity (Wildman–Crippen MR) is 116 cm³/mol. The standard InChI is InChI=1S/C24H20N4O3/c1-16-21(30-18-11-12-27-20(13-18)23(29)25-2)9-6-10-22(16)31-24-19(14-26-15-28-24)17-7-4-3-5-8-17/h3-15H,1-2H3,(H,25,29). The third kappa shape index (κ3) is 4.51. The summed E-state index contributed by atoms with van der Waals surface area (Å²) in [5.74, 6) is 1.88.